The minimum absolute atomic E-state index is 0.336. The van der Waals surface area contributed by atoms with E-state index in [1.165, 1.54) is 12.1 Å². The van der Waals surface area contributed by atoms with Crippen LogP contribution in [0.2, 0.25) is 0 Å². The van der Waals surface area contributed by atoms with Gasteiger partial charge in [-0.25, -0.2) is 4.39 Å². The van der Waals surface area contributed by atoms with Crippen LogP contribution in [0, 0.1) is 12.7 Å². The van der Waals surface area contributed by atoms with Gasteiger partial charge in [-0.05, 0) is 37.6 Å². The molecule has 14 heavy (non-hydrogen) atoms. The lowest BCUT2D eigenvalue weighted by atomic mass is 10.2. The monoisotopic (exact) mass is 215 g/mol. The second-order valence-corrected chi connectivity index (χ2v) is 3.78. The van der Waals surface area contributed by atoms with Gasteiger partial charge in [-0.15, -0.1) is 11.6 Å². The van der Waals surface area contributed by atoms with Gasteiger partial charge in [-0.1, -0.05) is 0 Å². The maximum atomic E-state index is 12.9. The normalized spacial score (nSPS) is 12.3. The molecule has 2 nitrogen and oxygen atoms in total. The fraction of sp³-hybridized carbons (Fsp3) is 0.300. The number of carbonyl (C=O) groups excluding carboxylic acids is 1. The Morgan fingerprint density at radius 1 is 1.50 bits per heavy atom. The molecular formula is C10H11ClFNO. The molecule has 0 bridgehead atoms. The zero-order valence-corrected chi connectivity index (χ0v) is 8.73. The predicted octanol–water partition coefficient (Wildman–Crippen LogP) is 2.70. The van der Waals surface area contributed by atoms with Crippen LogP contribution in [0.15, 0.2) is 18.2 Å². The van der Waals surface area contributed by atoms with E-state index in [4.69, 9.17) is 11.6 Å². The summed E-state index contributed by atoms with van der Waals surface area (Å²) in [6.07, 6.45) is 0. The SMILES string of the molecule is Cc1cc(F)cc(NC(=O)C(C)Cl)c1. The van der Waals surface area contributed by atoms with E-state index in [0.717, 1.165) is 5.56 Å². The van der Waals surface area contributed by atoms with Crippen LogP contribution < -0.4 is 5.32 Å². The highest BCUT2D eigenvalue weighted by Crippen LogP contribution is 2.13. The van der Waals surface area contributed by atoms with Gasteiger partial charge in [0.05, 0.1) is 0 Å². The van der Waals surface area contributed by atoms with Gasteiger partial charge in [0.25, 0.3) is 0 Å². The van der Waals surface area contributed by atoms with Crippen molar-refractivity contribution < 1.29 is 9.18 Å². The summed E-state index contributed by atoms with van der Waals surface area (Å²) in [5, 5.41) is 1.89. The van der Waals surface area contributed by atoms with Crippen molar-refractivity contribution in [2.45, 2.75) is 19.2 Å². The smallest absolute Gasteiger partial charge is 0.242 e. The standard InChI is InChI=1S/C10H11ClFNO/c1-6-3-8(12)5-9(4-6)13-10(14)7(2)11/h3-5,7H,1-2H3,(H,13,14). The van der Waals surface area contributed by atoms with Crippen molar-refractivity contribution in [1.82, 2.24) is 0 Å². The third-order valence-electron chi connectivity index (χ3n) is 1.67. The second-order valence-electron chi connectivity index (χ2n) is 3.12. The molecular weight excluding hydrogens is 205 g/mol. The minimum atomic E-state index is -0.626. The number of anilines is 1. The Balaban J connectivity index is 2.82. The number of carbonyl (C=O) groups is 1. The number of alkyl halides is 1. The van der Waals surface area contributed by atoms with Crippen LogP contribution >= 0.6 is 11.6 Å². The fourth-order valence-corrected chi connectivity index (χ4v) is 1.10. The van der Waals surface area contributed by atoms with Gasteiger partial charge in [0.15, 0.2) is 0 Å². The first-order valence-electron chi connectivity index (χ1n) is 4.21. The molecule has 0 spiro atoms. The maximum absolute atomic E-state index is 12.9. The molecule has 0 aromatic heterocycles. The Labute approximate surface area is 87.1 Å². The molecule has 1 atom stereocenters. The quantitative estimate of drug-likeness (QED) is 0.756. The van der Waals surface area contributed by atoms with Crippen molar-refractivity contribution in [3.8, 4) is 0 Å². The van der Waals surface area contributed by atoms with E-state index in [9.17, 15) is 9.18 Å². The van der Waals surface area contributed by atoms with Crippen LogP contribution in [0.1, 0.15) is 12.5 Å². The summed E-state index contributed by atoms with van der Waals surface area (Å²) in [6.45, 7) is 3.31. The molecule has 1 aromatic carbocycles. The lowest BCUT2D eigenvalue weighted by Gasteiger charge is -2.07. The van der Waals surface area contributed by atoms with Gasteiger partial charge in [-0.2, -0.15) is 0 Å². The Morgan fingerprint density at radius 2 is 2.14 bits per heavy atom. The van der Waals surface area contributed by atoms with E-state index in [2.05, 4.69) is 5.32 Å². The van der Waals surface area contributed by atoms with Gasteiger partial charge in [0.1, 0.15) is 11.2 Å². The highest BCUT2D eigenvalue weighted by Gasteiger charge is 2.09. The predicted molar refractivity (Wildman–Crippen MR) is 55.1 cm³/mol. The summed E-state index contributed by atoms with van der Waals surface area (Å²) in [5.41, 5.74) is 1.18. The Bertz CT molecular complexity index is 332. The summed E-state index contributed by atoms with van der Waals surface area (Å²) < 4.78 is 12.9. The highest BCUT2D eigenvalue weighted by atomic mass is 35.5. The van der Waals surface area contributed by atoms with Gasteiger partial charge in [-0.3, -0.25) is 4.79 Å². The molecule has 1 aromatic rings. The van der Waals surface area contributed by atoms with Gasteiger partial charge < -0.3 is 5.32 Å². The Kier molecular flexibility index (Phi) is 3.47. The number of amides is 1. The second kappa shape index (κ2) is 4.42. The van der Waals surface area contributed by atoms with Gasteiger partial charge in [0.2, 0.25) is 5.91 Å². The first kappa shape index (κ1) is 11.0. The van der Waals surface area contributed by atoms with E-state index in [-0.39, 0.29) is 11.7 Å². The van der Waals surface area contributed by atoms with Crippen LogP contribution in [0.5, 0.6) is 0 Å². The molecule has 1 amide bonds. The van der Waals surface area contributed by atoms with E-state index in [1.54, 1.807) is 19.9 Å². The van der Waals surface area contributed by atoms with Crippen LogP contribution in [0.4, 0.5) is 10.1 Å². The Morgan fingerprint density at radius 3 is 2.64 bits per heavy atom. The zero-order valence-electron chi connectivity index (χ0n) is 7.97. The molecule has 76 valence electrons. The summed E-state index contributed by atoms with van der Waals surface area (Å²) in [7, 11) is 0. The van der Waals surface area contributed by atoms with E-state index in [0.29, 0.717) is 5.69 Å². The molecule has 0 aliphatic carbocycles. The highest BCUT2D eigenvalue weighted by molar-refractivity contribution is 6.32. The average molecular weight is 216 g/mol. The molecule has 0 fully saturated rings. The molecule has 0 aliphatic rings. The number of benzene rings is 1. The third kappa shape index (κ3) is 3.00. The molecule has 1 rings (SSSR count). The summed E-state index contributed by atoms with van der Waals surface area (Å²) in [5.74, 6) is -0.709. The number of hydrogen-bond acceptors (Lipinski definition) is 1. The van der Waals surface area contributed by atoms with Crippen molar-refractivity contribution in [1.29, 1.82) is 0 Å². The van der Waals surface area contributed by atoms with Crippen LogP contribution in [0.25, 0.3) is 0 Å². The number of hydrogen-bond donors (Lipinski definition) is 1. The summed E-state index contributed by atoms with van der Waals surface area (Å²) in [6, 6.07) is 4.32. The van der Waals surface area contributed by atoms with E-state index < -0.39 is 5.38 Å². The van der Waals surface area contributed by atoms with Crippen molar-refractivity contribution in [3.63, 3.8) is 0 Å². The summed E-state index contributed by atoms with van der Waals surface area (Å²) in [4.78, 5) is 11.2. The van der Waals surface area contributed by atoms with E-state index in [1.807, 2.05) is 0 Å². The molecule has 0 saturated carbocycles. The van der Waals surface area contributed by atoms with E-state index >= 15 is 0 Å². The molecule has 1 unspecified atom stereocenters. The van der Waals surface area contributed by atoms with Crippen LogP contribution in [0.3, 0.4) is 0 Å². The van der Waals surface area contributed by atoms with Crippen LogP contribution in [-0.4, -0.2) is 11.3 Å². The zero-order chi connectivity index (χ0) is 10.7. The number of nitrogens with one attached hydrogen (secondary N) is 1. The minimum Gasteiger partial charge on any atom is -0.325 e. The summed E-state index contributed by atoms with van der Waals surface area (Å²) >= 11 is 5.55. The van der Waals surface area contributed by atoms with Crippen molar-refractivity contribution in [3.05, 3.63) is 29.6 Å². The lowest BCUT2D eigenvalue weighted by molar-refractivity contribution is -0.115. The first-order valence-corrected chi connectivity index (χ1v) is 4.65. The molecule has 0 heterocycles. The van der Waals surface area contributed by atoms with Gasteiger partial charge >= 0.3 is 0 Å². The topological polar surface area (TPSA) is 29.1 Å². The molecule has 4 heteroatoms. The fourth-order valence-electron chi connectivity index (χ4n) is 1.05. The lowest BCUT2D eigenvalue weighted by Crippen LogP contribution is -2.20. The van der Waals surface area contributed by atoms with Crippen molar-refractivity contribution >= 4 is 23.2 Å². The molecule has 1 N–H and O–H groups in total. The number of halogens is 2. The van der Waals surface area contributed by atoms with Crippen molar-refractivity contribution in [2.75, 3.05) is 5.32 Å². The molecule has 0 saturated heterocycles. The van der Waals surface area contributed by atoms with Crippen molar-refractivity contribution in [2.24, 2.45) is 0 Å². The Hall–Kier alpha value is -1.09. The molecule has 0 aliphatic heterocycles. The largest absolute Gasteiger partial charge is 0.325 e. The maximum Gasteiger partial charge on any atom is 0.242 e. The number of aryl methyl sites for hydroxylation is 1. The first-order chi connectivity index (χ1) is 6.49. The number of rotatable bonds is 2. The van der Waals surface area contributed by atoms with Crippen LogP contribution in [-0.2, 0) is 4.79 Å². The average Bonchev–Trinajstić information content (AvgIpc) is 2.01. The third-order valence-corrected chi connectivity index (χ3v) is 1.87. The molecule has 0 radical (unpaired) electrons. The van der Waals surface area contributed by atoms with Gasteiger partial charge in [0, 0.05) is 5.69 Å².